The fourth-order valence-corrected chi connectivity index (χ4v) is 1.81. The van der Waals surface area contributed by atoms with Crippen LogP contribution in [0.15, 0.2) is 48.5 Å². The van der Waals surface area contributed by atoms with E-state index in [9.17, 15) is 0 Å². The Labute approximate surface area is 125 Å². The van der Waals surface area contributed by atoms with Crippen molar-refractivity contribution in [2.45, 2.75) is 0 Å². The SMILES string of the molecule is CN(C)c1cccc(-c2ccccc2)c1N.[Na]. The number of nitrogens with two attached hydrogens (primary N) is 1. The Bertz CT molecular complexity index is 481. The van der Waals surface area contributed by atoms with Crippen LogP contribution < -0.4 is 10.6 Å². The molecule has 0 bridgehead atoms. The monoisotopic (exact) mass is 235 g/mol. The van der Waals surface area contributed by atoms with Crippen molar-refractivity contribution in [1.29, 1.82) is 0 Å². The largest absolute Gasteiger partial charge is 0.397 e. The van der Waals surface area contributed by atoms with Crippen LogP contribution >= 0.6 is 0 Å². The minimum atomic E-state index is 0. The van der Waals surface area contributed by atoms with Crippen LogP contribution in [0.1, 0.15) is 0 Å². The number of hydrogen-bond donors (Lipinski definition) is 1. The minimum Gasteiger partial charge on any atom is -0.397 e. The van der Waals surface area contributed by atoms with Gasteiger partial charge in [0.25, 0.3) is 0 Å². The second-order valence-electron chi connectivity index (χ2n) is 4.00. The van der Waals surface area contributed by atoms with E-state index in [-0.39, 0.29) is 29.6 Å². The second-order valence-corrected chi connectivity index (χ2v) is 4.00. The quantitative estimate of drug-likeness (QED) is 0.640. The molecule has 0 aliphatic rings. The maximum Gasteiger partial charge on any atom is 0.0631 e. The van der Waals surface area contributed by atoms with E-state index in [0.29, 0.717) is 0 Å². The Morgan fingerprint density at radius 3 is 2.12 bits per heavy atom. The predicted molar refractivity (Wildman–Crippen MR) is 76.4 cm³/mol. The van der Waals surface area contributed by atoms with E-state index in [1.165, 1.54) is 0 Å². The first kappa shape index (κ1) is 14.1. The predicted octanol–water partition coefficient (Wildman–Crippen LogP) is 2.62. The van der Waals surface area contributed by atoms with Gasteiger partial charge in [-0.1, -0.05) is 42.5 Å². The molecule has 83 valence electrons. The van der Waals surface area contributed by atoms with E-state index in [2.05, 4.69) is 18.2 Å². The van der Waals surface area contributed by atoms with E-state index >= 15 is 0 Å². The number of para-hydroxylation sites is 1. The van der Waals surface area contributed by atoms with Gasteiger partial charge in [0.15, 0.2) is 0 Å². The Hall–Kier alpha value is -0.960. The molecule has 2 nitrogen and oxygen atoms in total. The maximum atomic E-state index is 6.17. The van der Waals surface area contributed by atoms with Crippen molar-refractivity contribution in [2.24, 2.45) is 0 Å². The van der Waals surface area contributed by atoms with Crippen LogP contribution in [0.2, 0.25) is 0 Å². The molecule has 0 atom stereocenters. The van der Waals surface area contributed by atoms with Gasteiger partial charge in [0, 0.05) is 49.2 Å². The first-order valence-electron chi connectivity index (χ1n) is 5.31. The van der Waals surface area contributed by atoms with Crippen molar-refractivity contribution in [3.05, 3.63) is 48.5 Å². The summed E-state index contributed by atoms with van der Waals surface area (Å²) < 4.78 is 0. The van der Waals surface area contributed by atoms with Gasteiger partial charge >= 0.3 is 0 Å². The summed E-state index contributed by atoms with van der Waals surface area (Å²) in [7, 11) is 4.00. The fourth-order valence-electron chi connectivity index (χ4n) is 1.81. The van der Waals surface area contributed by atoms with Gasteiger partial charge in [-0.2, -0.15) is 0 Å². The van der Waals surface area contributed by atoms with Gasteiger partial charge in [-0.3, -0.25) is 0 Å². The Kier molecular flexibility index (Phi) is 5.06. The van der Waals surface area contributed by atoms with Crippen molar-refractivity contribution >= 4 is 40.9 Å². The summed E-state index contributed by atoms with van der Waals surface area (Å²) in [5.74, 6) is 0. The zero-order valence-corrected chi connectivity index (χ0v) is 12.6. The molecule has 1 radical (unpaired) electrons. The van der Waals surface area contributed by atoms with E-state index < -0.39 is 0 Å². The summed E-state index contributed by atoms with van der Waals surface area (Å²) in [6, 6.07) is 16.3. The van der Waals surface area contributed by atoms with Crippen LogP contribution in [0.4, 0.5) is 11.4 Å². The Balaban J connectivity index is 0.00000144. The third-order valence-corrected chi connectivity index (χ3v) is 2.65. The summed E-state index contributed by atoms with van der Waals surface area (Å²) in [6.07, 6.45) is 0. The van der Waals surface area contributed by atoms with E-state index in [1.54, 1.807) is 0 Å². The molecule has 0 saturated carbocycles. The smallest absolute Gasteiger partial charge is 0.0631 e. The van der Waals surface area contributed by atoms with Crippen molar-refractivity contribution in [3.63, 3.8) is 0 Å². The molecule has 0 aliphatic heterocycles. The molecule has 0 saturated heterocycles. The molecule has 2 aromatic rings. The number of benzene rings is 2. The number of rotatable bonds is 2. The minimum absolute atomic E-state index is 0. The number of nitrogen functional groups attached to an aromatic ring is 1. The van der Waals surface area contributed by atoms with Gasteiger partial charge in [0.05, 0.1) is 11.4 Å². The topological polar surface area (TPSA) is 29.3 Å². The third kappa shape index (κ3) is 3.03. The molecule has 0 fully saturated rings. The molecule has 0 spiro atoms. The third-order valence-electron chi connectivity index (χ3n) is 2.65. The maximum absolute atomic E-state index is 6.17. The zero-order valence-electron chi connectivity index (χ0n) is 10.6. The zero-order chi connectivity index (χ0) is 11.5. The Morgan fingerprint density at radius 1 is 0.882 bits per heavy atom. The molecular weight excluding hydrogens is 219 g/mol. The molecule has 0 heterocycles. The first-order valence-corrected chi connectivity index (χ1v) is 5.31. The number of anilines is 2. The van der Waals surface area contributed by atoms with Crippen LogP contribution in [0.3, 0.4) is 0 Å². The van der Waals surface area contributed by atoms with Gasteiger partial charge in [-0.05, 0) is 11.6 Å². The van der Waals surface area contributed by atoms with Crippen molar-refractivity contribution in [2.75, 3.05) is 24.7 Å². The molecule has 17 heavy (non-hydrogen) atoms. The molecule has 0 aliphatic carbocycles. The summed E-state index contributed by atoms with van der Waals surface area (Å²) >= 11 is 0. The van der Waals surface area contributed by atoms with Crippen molar-refractivity contribution < 1.29 is 0 Å². The van der Waals surface area contributed by atoms with Crippen molar-refractivity contribution in [1.82, 2.24) is 0 Å². The number of hydrogen-bond acceptors (Lipinski definition) is 2. The summed E-state index contributed by atoms with van der Waals surface area (Å²) in [5.41, 5.74) is 10.3. The standard InChI is InChI=1S/C14H16N2.Na/c1-16(2)13-10-6-9-12(14(13)15)11-7-4-3-5-8-11;/h3-10H,15H2,1-2H3;. The van der Waals surface area contributed by atoms with Crippen LogP contribution in [0, 0.1) is 0 Å². The average molecular weight is 235 g/mol. The second kappa shape index (κ2) is 6.10. The molecule has 0 aromatic heterocycles. The van der Waals surface area contributed by atoms with Crippen molar-refractivity contribution in [3.8, 4) is 11.1 Å². The molecule has 2 rings (SSSR count). The molecule has 0 amide bonds. The van der Waals surface area contributed by atoms with E-state index in [0.717, 1.165) is 22.5 Å². The van der Waals surface area contributed by atoms with Crippen LogP contribution in [-0.2, 0) is 0 Å². The van der Waals surface area contributed by atoms with Gasteiger partial charge < -0.3 is 10.6 Å². The van der Waals surface area contributed by atoms with Gasteiger partial charge in [-0.15, -0.1) is 0 Å². The molecule has 0 unspecified atom stereocenters. The number of nitrogens with zero attached hydrogens (tertiary/aromatic N) is 1. The van der Waals surface area contributed by atoms with E-state index in [1.807, 2.05) is 49.3 Å². The molecule has 2 N–H and O–H groups in total. The summed E-state index contributed by atoms with van der Waals surface area (Å²) in [5, 5.41) is 0. The van der Waals surface area contributed by atoms with Crippen LogP contribution in [-0.4, -0.2) is 43.7 Å². The molecular formula is C14H16N2Na. The van der Waals surface area contributed by atoms with E-state index in [4.69, 9.17) is 5.73 Å². The van der Waals surface area contributed by atoms with Crippen LogP contribution in [0.25, 0.3) is 11.1 Å². The van der Waals surface area contributed by atoms with Gasteiger partial charge in [0.1, 0.15) is 0 Å². The van der Waals surface area contributed by atoms with Gasteiger partial charge in [0.2, 0.25) is 0 Å². The summed E-state index contributed by atoms with van der Waals surface area (Å²) in [6.45, 7) is 0. The normalized spacial score (nSPS) is 9.53. The summed E-state index contributed by atoms with van der Waals surface area (Å²) in [4.78, 5) is 2.03. The Morgan fingerprint density at radius 2 is 1.53 bits per heavy atom. The fraction of sp³-hybridized carbons (Fsp3) is 0.143. The molecule has 3 heteroatoms. The van der Waals surface area contributed by atoms with Gasteiger partial charge in [-0.25, -0.2) is 0 Å². The molecule has 2 aromatic carbocycles. The van der Waals surface area contributed by atoms with Crippen LogP contribution in [0.5, 0.6) is 0 Å². The first-order chi connectivity index (χ1) is 7.70. The average Bonchev–Trinajstić information content (AvgIpc) is 2.30.